The van der Waals surface area contributed by atoms with Crippen LogP contribution in [0.5, 0.6) is 0 Å². The molecule has 0 radical (unpaired) electrons. The lowest BCUT2D eigenvalue weighted by Crippen LogP contribution is -2.31. The maximum atomic E-state index is 13.1. The molecule has 1 aliphatic heterocycles. The van der Waals surface area contributed by atoms with E-state index in [0.717, 1.165) is 64.2 Å². The molecular formula is C29H38N2O4. The number of carbonyl (C=O) groups excluding carboxylic acids is 1. The van der Waals surface area contributed by atoms with Crippen molar-refractivity contribution in [1.82, 2.24) is 9.55 Å². The minimum atomic E-state index is -0.897. The zero-order valence-corrected chi connectivity index (χ0v) is 22.5. The van der Waals surface area contributed by atoms with Gasteiger partial charge in [0.2, 0.25) is 0 Å². The fourth-order valence-electron chi connectivity index (χ4n) is 4.85. The van der Waals surface area contributed by atoms with Gasteiger partial charge >= 0.3 is 5.97 Å². The van der Waals surface area contributed by atoms with Crippen LogP contribution < -0.4 is 0 Å². The van der Waals surface area contributed by atoms with Crippen LogP contribution in [0.25, 0.3) is 22.2 Å². The highest BCUT2D eigenvalue weighted by Gasteiger charge is 2.35. The van der Waals surface area contributed by atoms with E-state index in [1.807, 2.05) is 27.7 Å². The number of aryl methyl sites for hydroxylation is 4. The van der Waals surface area contributed by atoms with Crippen LogP contribution in [0.1, 0.15) is 66.9 Å². The lowest BCUT2D eigenvalue weighted by Gasteiger charge is -2.29. The van der Waals surface area contributed by atoms with Crippen LogP contribution in [0.4, 0.5) is 0 Å². The van der Waals surface area contributed by atoms with Gasteiger partial charge in [-0.1, -0.05) is 18.2 Å². The second kappa shape index (κ2) is 9.40. The number of rotatable bonds is 6. The second-order valence-electron chi connectivity index (χ2n) is 10.7. The number of hydrogen-bond donors (Lipinski definition) is 0. The molecule has 1 fully saturated rings. The van der Waals surface area contributed by atoms with Crippen LogP contribution in [-0.2, 0) is 25.5 Å². The summed E-state index contributed by atoms with van der Waals surface area (Å²) in [6.07, 6.45) is 0.373. The normalized spacial score (nSPS) is 16.9. The average molecular weight is 479 g/mol. The Kier molecular flexibility index (Phi) is 6.82. The van der Waals surface area contributed by atoms with Crippen molar-refractivity contribution in [3.8, 4) is 11.1 Å². The summed E-state index contributed by atoms with van der Waals surface area (Å²) < 4.78 is 19.6. The molecule has 4 rings (SSSR count). The fourth-order valence-corrected chi connectivity index (χ4v) is 4.85. The van der Waals surface area contributed by atoms with Crippen LogP contribution >= 0.6 is 0 Å². The number of pyridine rings is 1. The molecule has 188 valence electrons. The third kappa shape index (κ3) is 4.74. The quantitative estimate of drug-likeness (QED) is 0.403. The third-order valence-corrected chi connectivity index (χ3v) is 7.11. The van der Waals surface area contributed by atoms with E-state index < -0.39 is 17.7 Å². The highest BCUT2D eigenvalue weighted by Crippen LogP contribution is 2.43. The summed E-state index contributed by atoms with van der Waals surface area (Å²) in [5.41, 5.74) is 8.66. The summed E-state index contributed by atoms with van der Waals surface area (Å²) in [5.74, 6) is -0.425. The SMILES string of the molecule is COC(=O)[C@@H](OC(C)(C)C)c1c(C)nc2c(c(C)c(C)n2CC2CCO2)c1-c1ccc(C)c(C)c1. The Balaban J connectivity index is 2.09. The molecule has 0 amide bonds. The topological polar surface area (TPSA) is 62.6 Å². The Morgan fingerprint density at radius 1 is 1.17 bits per heavy atom. The van der Waals surface area contributed by atoms with Gasteiger partial charge in [0.1, 0.15) is 5.65 Å². The smallest absolute Gasteiger partial charge is 0.339 e. The average Bonchev–Trinajstić information content (AvgIpc) is 2.98. The Hall–Kier alpha value is -2.70. The molecule has 0 bridgehead atoms. The molecule has 3 heterocycles. The lowest BCUT2D eigenvalue weighted by atomic mass is 9.89. The molecule has 1 unspecified atom stereocenters. The van der Waals surface area contributed by atoms with Gasteiger partial charge in [-0.05, 0) is 84.1 Å². The molecule has 0 aliphatic carbocycles. The molecule has 0 saturated carbocycles. The van der Waals surface area contributed by atoms with Gasteiger partial charge < -0.3 is 18.8 Å². The van der Waals surface area contributed by atoms with Crippen molar-refractivity contribution < 1.29 is 19.0 Å². The summed E-state index contributed by atoms with van der Waals surface area (Å²) in [6.45, 7) is 17.9. The van der Waals surface area contributed by atoms with Crippen molar-refractivity contribution in [2.75, 3.05) is 13.7 Å². The number of esters is 1. The van der Waals surface area contributed by atoms with E-state index in [2.05, 4.69) is 50.5 Å². The maximum absolute atomic E-state index is 13.1. The minimum absolute atomic E-state index is 0.211. The molecule has 0 spiro atoms. The first-order valence-corrected chi connectivity index (χ1v) is 12.4. The van der Waals surface area contributed by atoms with Gasteiger partial charge in [0, 0.05) is 34.5 Å². The third-order valence-electron chi connectivity index (χ3n) is 7.11. The number of aromatic nitrogens is 2. The number of carbonyl (C=O) groups is 1. The lowest BCUT2D eigenvalue weighted by molar-refractivity contribution is -0.164. The largest absolute Gasteiger partial charge is 0.467 e. The molecule has 3 aromatic rings. The molecule has 6 heteroatoms. The van der Waals surface area contributed by atoms with Gasteiger partial charge in [-0.15, -0.1) is 0 Å². The summed E-state index contributed by atoms with van der Waals surface area (Å²) in [5, 5.41) is 1.05. The molecule has 1 aromatic carbocycles. The van der Waals surface area contributed by atoms with Gasteiger partial charge in [0.05, 0.1) is 25.4 Å². The minimum Gasteiger partial charge on any atom is -0.467 e. The highest BCUT2D eigenvalue weighted by molar-refractivity contribution is 6.00. The Bertz CT molecular complexity index is 1280. The summed E-state index contributed by atoms with van der Waals surface area (Å²) in [6, 6.07) is 6.46. The summed E-state index contributed by atoms with van der Waals surface area (Å²) in [7, 11) is 1.41. The standard InChI is InChI=1S/C29H38N2O4/c1-16-10-11-21(14-17(16)2)25-23-18(3)20(5)31(15-22-12-13-34-22)27(23)30-19(4)24(25)26(28(32)33-9)35-29(6,7)8/h10-11,14,22,26H,12-13,15H2,1-9H3/t22?,26-/m0/s1. The van der Waals surface area contributed by atoms with E-state index in [1.165, 1.54) is 18.2 Å². The monoisotopic (exact) mass is 478 g/mol. The van der Waals surface area contributed by atoms with E-state index >= 15 is 0 Å². The number of benzene rings is 1. The number of fused-ring (bicyclic) bond motifs is 1. The molecule has 6 nitrogen and oxygen atoms in total. The summed E-state index contributed by atoms with van der Waals surface area (Å²) >= 11 is 0. The van der Waals surface area contributed by atoms with Crippen molar-refractivity contribution in [2.24, 2.45) is 0 Å². The molecule has 1 saturated heterocycles. The van der Waals surface area contributed by atoms with Crippen LogP contribution in [0, 0.1) is 34.6 Å². The Morgan fingerprint density at radius 3 is 2.40 bits per heavy atom. The molecule has 2 aromatic heterocycles. The van der Waals surface area contributed by atoms with Gasteiger partial charge in [0.15, 0.2) is 6.10 Å². The first kappa shape index (κ1) is 25.4. The first-order valence-electron chi connectivity index (χ1n) is 12.4. The van der Waals surface area contributed by atoms with E-state index in [1.54, 1.807) is 0 Å². The predicted molar refractivity (Wildman–Crippen MR) is 139 cm³/mol. The Morgan fingerprint density at radius 2 is 1.86 bits per heavy atom. The van der Waals surface area contributed by atoms with Crippen molar-refractivity contribution in [3.63, 3.8) is 0 Å². The molecule has 1 aliphatic rings. The second-order valence-corrected chi connectivity index (χ2v) is 10.7. The van der Waals surface area contributed by atoms with Gasteiger partial charge in [0.25, 0.3) is 0 Å². The van der Waals surface area contributed by atoms with Crippen LogP contribution in [0.3, 0.4) is 0 Å². The maximum Gasteiger partial charge on any atom is 0.339 e. The fraction of sp³-hybridized carbons (Fsp3) is 0.517. The van der Waals surface area contributed by atoms with Crippen molar-refractivity contribution >= 4 is 17.0 Å². The molecular weight excluding hydrogens is 440 g/mol. The first-order chi connectivity index (χ1) is 16.4. The number of methoxy groups -OCH3 is 1. The van der Waals surface area contributed by atoms with Gasteiger partial charge in [-0.2, -0.15) is 0 Å². The van der Waals surface area contributed by atoms with E-state index in [-0.39, 0.29) is 6.10 Å². The van der Waals surface area contributed by atoms with E-state index in [0.29, 0.717) is 0 Å². The van der Waals surface area contributed by atoms with E-state index in [9.17, 15) is 4.79 Å². The number of hydrogen-bond acceptors (Lipinski definition) is 5. The van der Waals surface area contributed by atoms with Crippen LogP contribution in [0.15, 0.2) is 18.2 Å². The van der Waals surface area contributed by atoms with Crippen molar-refractivity contribution in [1.29, 1.82) is 0 Å². The molecule has 2 atom stereocenters. The number of nitrogens with zero attached hydrogens (tertiary/aromatic N) is 2. The molecule has 35 heavy (non-hydrogen) atoms. The van der Waals surface area contributed by atoms with E-state index in [4.69, 9.17) is 19.2 Å². The van der Waals surface area contributed by atoms with Crippen molar-refractivity contribution in [2.45, 2.75) is 86.2 Å². The molecule has 0 N–H and O–H groups in total. The van der Waals surface area contributed by atoms with Crippen molar-refractivity contribution in [3.05, 3.63) is 51.8 Å². The zero-order chi connectivity index (χ0) is 25.7. The predicted octanol–water partition coefficient (Wildman–Crippen LogP) is 6.06. The van der Waals surface area contributed by atoms with Gasteiger partial charge in [-0.25, -0.2) is 9.78 Å². The van der Waals surface area contributed by atoms with Crippen LogP contribution in [0.2, 0.25) is 0 Å². The Labute approximate surface area is 208 Å². The van der Waals surface area contributed by atoms with Crippen LogP contribution in [-0.4, -0.2) is 40.9 Å². The highest BCUT2D eigenvalue weighted by atomic mass is 16.6. The number of ether oxygens (including phenoxy) is 3. The zero-order valence-electron chi connectivity index (χ0n) is 22.5. The van der Waals surface area contributed by atoms with Gasteiger partial charge in [-0.3, -0.25) is 0 Å². The summed E-state index contributed by atoms with van der Waals surface area (Å²) in [4.78, 5) is 18.2.